The van der Waals surface area contributed by atoms with Crippen LogP contribution in [-0.2, 0) is 16.0 Å². The van der Waals surface area contributed by atoms with Crippen LogP contribution >= 0.6 is 0 Å². The number of methoxy groups -OCH3 is 1. The van der Waals surface area contributed by atoms with Crippen molar-refractivity contribution < 1.29 is 14.3 Å². The van der Waals surface area contributed by atoms with Crippen LogP contribution in [0, 0.1) is 0 Å². The van der Waals surface area contributed by atoms with Gasteiger partial charge >= 0.3 is 5.97 Å². The molecule has 19 heavy (non-hydrogen) atoms. The van der Waals surface area contributed by atoms with Gasteiger partial charge in [0.1, 0.15) is 12.4 Å². The van der Waals surface area contributed by atoms with Crippen LogP contribution in [0.25, 0.3) is 0 Å². The second kappa shape index (κ2) is 7.14. The van der Waals surface area contributed by atoms with E-state index in [0.717, 1.165) is 24.3 Å². The number of benzene rings is 1. The Hall–Kier alpha value is -1.55. The Labute approximate surface area is 114 Å². The number of carbonyl (C=O) groups is 1. The van der Waals surface area contributed by atoms with Gasteiger partial charge in [0.15, 0.2) is 0 Å². The van der Waals surface area contributed by atoms with Gasteiger partial charge < -0.3 is 14.8 Å². The highest BCUT2D eigenvalue weighted by Gasteiger charge is 2.14. The molecule has 0 spiro atoms. The maximum atomic E-state index is 11.3. The van der Waals surface area contributed by atoms with Crippen LogP contribution < -0.4 is 10.1 Å². The Morgan fingerprint density at radius 1 is 1.37 bits per heavy atom. The number of para-hydroxylation sites is 1. The molecule has 1 aliphatic heterocycles. The van der Waals surface area contributed by atoms with E-state index < -0.39 is 0 Å². The summed E-state index contributed by atoms with van der Waals surface area (Å²) >= 11 is 0. The predicted octanol–water partition coefficient (Wildman–Crippen LogP) is 1.92. The number of ether oxygens (including phenoxy) is 2. The molecule has 104 valence electrons. The molecule has 1 aromatic rings. The zero-order valence-corrected chi connectivity index (χ0v) is 11.4. The highest BCUT2D eigenvalue weighted by molar-refractivity contribution is 5.73. The summed E-state index contributed by atoms with van der Waals surface area (Å²) in [7, 11) is 1.40. The third-order valence-electron chi connectivity index (χ3n) is 3.39. The van der Waals surface area contributed by atoms with E-state index in [0.29, 0.717) is 12.6 Å². The Morgan fingerprint density at radius 2 is 2.21 bits per heavy atom. The fourth-order valence-electron chi connectivity index (χ4n) is 2.27. The fraction of sp³-hybridized carbons (Fsp3) is 0.533. The topological polar surface area (TPSA) is 47.6 Å². The molecule has 1 N–H and O–H groups in total. The van der Waals surface area contributed by atoms with Gasteiger partial charge in [-0.15, -0.1) is 0 Å². The van der Waals surface area contributed by atoms with E-state index in [1.165, 1.54) is 20.0 Å². The second-order valence-corrected chi connectivity index (χ2v) is 4.82. The van der Waals surface area contributed by atoms with Crippen LogP contribution in [-0.4, -0.2) is 32.3 Å². The maximum Gasteiger partial charge on any atom is 0.310 e. The van der Waals surface area contributed by atoms with Crippen LogP contribution in [0.4, 0.5) is 0 Å². The molecule has 1 unspecified atom stereocenters. The lowest BCUT2D eigenvalue weighted by Gasteiger charge is -2.24. The van der Waals surface area contributed by atoms with Crippen LogP contribution in [0.1, 0.15) is 24.8 Å². The first-order chi connectivity index (χ1) is 9.29. The van der Waals surface area contributed by atoms with Gasteiger partial charge in [-0.2, -0.15) is 0 Å². The molecule has 0 saturated carbocycles. The summed E-state index contributed by atoms with van der Waals surface area (Å²) in [6.07, 6.45) is 3.91. The smallest absolute Gasteiger partial charge is 0.310 e. The number of hydrogen-bond donors (Lipinski definition) is 1. The Morgan fingerprint density at radius 3 is 2.95 bits per heavy atom. The first-order valence-electron chi connectivity index (χ1n) is 6.80. The number of esters is 1. The zero-order chi connectivity index (χ0) is 13.5. The second-order valence-electron chi connectivity index (χ2n) is 4.82. The van der Waals surface area contributed by atoms with Gasteiger partial charge in [0.2, 0.25) is 0 Å². The zero-order valence-electron chi connectivity index (χ0n) is 11.4. The van der Waals surface area contributed by atoms with Gasteiger partial charge in [-0.3, -0.25) is 4.79 Å². The lowest BCUT2D eigenvalue weighted by Crippen LogP contribution is -2.38. The lowest BCUT2D eigenvalue weighted by atomic mass is 10.1. The predicted molar refractivity (Wildman–Crippen MR) is 73.3 cm³/mol. The molecule has 4 heteroatoms. The molecule has 0 bridgehead atoms. The van der Waals surface area contributed by atoms with Gasteiger partial charge in [-0.25, -0.2) is 0 Å². The van der Waals surface area contributed by atoms with Crippen molar-refractivity contribution in [1.82, 2.24) is 5.32 Å². The van der Waals surface area contributed by atoms with Crippen LogP contribution in [0.3, 0.4) is 0 Å². The van der Waals surface area contributed by atoms with Crippen molar-refractivity contribution in [2.45, 2.75) is 31.7 Å². The first-order valence-corrected chi connectivity index (χ1v) is 6.80. The third kappa shape index (κ3) is 4.24. The molecule has 0 radical (unpaired) electrons. The van der Waals surface area contributed by atoms with E-state index in [2.05, 4.69) is 5.32 Å². The molecule has 0 aliphatic carbocycles. The average molecular weight is 263 g/mol. The molecule has 1 saturated heterocycles. The Bertz CT molecular complexity index is 414. The molecule has 1 aliphatic rings. The van der Waals surface area contributed by atoms with E-state index in [9.17, 15) is 4.79 Å². The molecule has 1 aromatic carbocycles. The minimum absolute atomic E-state index is 0.244. The third-order valence-corrected chi connectivity index (χ3v) is 3.39. The van der Waals surface area contributed by atoms with E-state index in [4.69, 9.17) is 9.47 Å². The summed E-state index contributed by atoms with van der Waals surface area (Å²) in [6, 6.07) is 8.05. The summed E-state index contributed by atoms with van der Waals surface area (Å²) in [5.41, 5.74) is 0.880. The molecule has 0 aromatic heterocycles. The number of piperidine rings is 1. The SMILES string of the molecule is COC(=O)Cc1ccccc1OCC1CCCCN1. The average Bonchev–Trinajstić information content (AvgIpc) is 2.47. The maximum absolute atomic E-state index is 11.3. The highest BCUT2D eigenvalue weighted by Crippen LogP contribution is 2.20. The van der Waals surface area contributed by atoms with Crippen molar-refractivity contribution in [3.05, 3.63) is 29.8 Å². The van der Waals surface area contributed by atoms with Crippen molar-refractivity contribution in [3.63, 3.8) is 0 Å². The number of hydrogen-bond acceptors (Lipinski definition) is 4. The molecule has 2 rings (SSSR count). The Balaban J connectivity index is 1.93. The Kier molecular flexibility index (Phi) is 5.21. The highest BCUT2D eigenvalue weighted by atomic mass is 16.5. The van der Waals surface area contributed by atoms with E-state index >= 15 is 0 Å². The van der Waals surface area contributed by atoms with Gasteiger partial charge in [-0.05, 0) is 25.5 Å². The fourth-order valence-corrected chi connectivity index (χ4v) is 2.27. The van der Waals surface area contributed by atoms with Crippen molar-refractivity contribution in [1.29, 1.82) is 0 Å². The van der Waals surface area contributed by atoms with Gasteiger partial charge in [0.25, 0.3) is 0 Å². The monoisotopic (exact) mass is 263 g/mol. The summed E-state index contributed by atoms with van der Waals surface area (Å²) in [5.74, 6) is 0.534. The van der Waals surface area contributed by atoms with Gasteiger partial charge in [-0.1, -0.05) is 24.6 Å². The summed E-state index contributed by atoms with van der Waals surface area (Å²) in [4.78, 5) is 11.3. The largest absolute Gasteiger partial charge is 0.492 e. The van der Waals surface area contributed by atoms with E-state index in [-0.39, 0.29) is 12.4 Å². The summed E-state index contributed by atoms with van der Waals surface area (Å²) < 4.78 is 10.5. The quantitative estimate of drug-likeness (QED) is 0.825. The normalized spacial score (nSPS) is 18.9. The lowest BCUT2D eigenvalue weighted by molar-refractivity contribution is -0.139. The van der Waals surface area contributed by atoms with Crippen molar-refractivity contribution >= 4 is 5.97 Å². The number of rotatable bonds is 5. The molecule has 1 atom stereocenters. The standard InChI is InChI=1S/C15H21NO3/c1-18-15(17)10-12-6-2-3-8-14(12)19-11-13-7-4-5-9-16-13/h2-3,6,8,13,16H,4-5,7,9-11H2,1H3. The number of carbonyl (C=O) groups excluding carboxylic acids is 1. The van der Waals surface area contributed by atoms with E-state index in [1.807, 2.05) is 24.3 Å². The minimum atomic E-state index is -0.244. The molecule has 1 fully saturated rings. The molecular weight excluding hydrogens is 242 g/mol. The first kappa shape index (κ1) is 13.9. The van der Waals surface area contributed by atoms with Crippen LogP contribution in [0.15, 0.2) is 24.3 Å². The molecule has 1 heterocycles. The van der Waals surface area contributed by atoms with Crippen LogP contribution in [0.5, 0.6) is 5.75 Å². The van der Waals surface area contributed by atoms with Crippen molar-refractivity contribution in [2.75, 3.05) is 20.3 Å². The van der Waals surface area contributed by atoms with E-state index in [1.54, 1.807) is 0 Å². The molecule has 0 amide bonds. The van der Waals surface area contributed by atoms with Gasteiger partial charge in [0, 0.05) is 11.6 Å². The van der Waals surface area contributed by atoms with Crippen LogP contribution in [0.2, 0.25) is 0 Å². The molecular formula is C15H21NO3. The van der Waals surface area contributed by atoms with Gasteiger partial charge in [0.05, 0.1) is 13.5 Å². The van der Waals surface area contributed by atoms with Crippen molar-refractivity contribution in [3.8, 4) is 5.75 Å². The number of nitrogens with one attached hydrogen (secondary N) is 1. The summed E-state index contributed by atoms with van der Waals surface area (Å²) in [6.45, 7) is 1.72. The minimum Gasteiger partial charge on any atom is -0.492 e. The summed E-state index contributed by atoms with van der Waals surface area (Å²) in [5, 5.41) is 3.44. The molecule has 4 nitrogen and oxygen atoms in total. The van der Waals surface area contributed by atoms with Crippen molar-refractivity contribution in [2.24, 2.45) is 0 Å².